The summed E-state index contributed by atoms with van der Waals surface area (Å²) in [6.07, 6.45) is 5.22. The standard InChI is InChI=1S/C36H58N6O13/c1-5-30(45)37-29(11-8-17-42(54)32(47)22-25(3)13-19-44)36(51)55-20-14-26(4)23-33(48)41(53)16-7-10-28-35(50)38-27(34(49)39-28)9-6-15-40(52)31(46)21-24(2)12-18-43/h21-23,27-29,43-44,52-54H,5-20H2,1-4H3,(H,37,45)(H,38,50)(H,39,49)/b24-21+,25-22+,26-23+. The van der Waals surface area contributed by atoms with Crippen molar-refractivity contribution in [1.29, 1.82) is 0 Å². The van der Waals surface area contributed by atoms with Gasteiger partial charge in [0.05, 0.1) is 6.61 Å². The first-order valence-electron chi connectivity index (χ1n) is 18.3. The van der Waals surface area contributed by atoms with Gasteiger partial charge in [-0.15, -0.1) is 0 Å². The Hall–Kier alpha value is -4.69. The monoisotopic (exact) mass is 782 g/mol. The van der Waals surface area contributed by atoms with Crippen LogP contribution >= 0.6 is 0 Å². The number of carbonyl (C=O) groups is 7. The van der Waals surface area contributed by atoms with E-state index in [1.165, 1.54) is 12.2 Å². The summed E-state index contributed by atoms with van der Waals surface area (Å²) in [7, 11) is 0. The van der Waals surface area contributed by atoms with Crippen molar-refractivity contribution in [1.82, 2.24) is 31.1 Å². The van der Waals surface area contributed by atoms with Gasteiger partial charge in [-0.05, 0) is 72.1 Å². The largest absolute Gasteiger partial charge is 0.464 e. The Labute approximate surface area is 320 Å². The van der Waals surface area contributed by atoms with Gasteiger partial charge in [-0.25, -0.2) is 20.0 Å². The Kier molecular flexibility index (Phi) is 23.0. The molecule has 0 saturated carbocycles. The second-order valence-electron chi connectivity index (χ2n) is 13.2. The van der Waals surface area contributed by atoms with Crippen molar-refractivity contribution in [3.8, 4) is 0 Å². The zero-order chi connectivity index (χ0) is 41.5. The lowest BCUT2D eigenvalue weighted by atomic mass is 10.0. The van der Waals surface area contributed by atoms with Gasteiger partial charge in [0, 0.05) is 63.9 Å². The number of nitrogens with zero attached hydrogens (tertiary/aromatic N) is 3. The van der Waals surface area contributed by atoms with E-state index in [0.717, 1.165) is 6.08 Å². The number of piperazine rings is 1. The van der Waals surface area contributed by atoms with E-state index in [-0.39, 0.29) is 97.2 Å². The SMILES string of the molecule is CCC(=O)NC(CCCN(O)C(=O)/C=C(\C)CCO)C(=O)OCC/C(C)=C/C(=O)N(O)CCCC1NC(=O)C(CCCN(O)C(=O)/C=C(\C)CCO)NC1=O. The van der Waals surface area contributed by atoms with Gasteiger partial charge in [0.25, 0.3) is 17.7 Å². The van der Waals surface area contributed by atoms with Gasteiger partial charge in [0.15, 0.2) is 0 Å². The van der Waals surface area contributed by atoms with E-state index in [1.807, 2.05) is 0 Å². The number of hydroxylamine groups is 6. The molecule has 0 bridgehead atoms. The summed E-state index contributed by atoms with van der Waals surface area (Å²) >= 11 is 0. The normalized spacial score (nSPS) is 16.8. The molecule has 19 nitrogen and oxygen atoms in total. The smallest absolute Gasteiger partial charge is 0.328 e. The van der Waals surface area contributed by atoms with E-state index in [4.69, 9.17) is 14.9 Å². The molecule has 0 spiro atoms. The molecule has 3 unspecified atom stereocenters. The Morgan fingerprint density at radius 2 is 1.11 bits per heavy atom. The van der Waals surface area contributed by atoms with Crippen molar-refractivity contribution in [2.75, 3.05) is 39.5 Å². The molecule has 0 aliphatic carbocycles. The third-order valence-electron chi connectivity index (χ3n) is 8.42. The highest BCUT2D eigenvalue weighted by Crippen LogP contribution is 2.11. The first kappa shape index (κ1) is 48.3. The van der Waals surface area contributed by atoms with Gasteiger partial charge in [-0.3, -0.25) is 44.4 Å². The Morgan fingerprint density at radius 1 is 0.709 bits per heavy atom. The number of carbonyl (C=O) groups excluding carboxylic acids is 7. The molecule has 8 N–H and O–H groups in total. The molecule has 55 heavy (non-hydrogen) atoms. The number of aliphatic hydroxyl groups is 2. The highest BCUT2D eigenvalue weighted by Gasteiger charge is 2.33. The zero-order valence-electron chi connectivity index (χ0n) is 32.1. The molecule has 1 saturated heterocycles. The lowest BCUT2D eigenvalue weighted by molar-refractivity contribution is -0.160. The molecule has 19 heteroatoms. The number of amides is 6. The molecule has 0 aromatic heterocycles. The van der Waals surface area contributed by atoms with Gasteiger partial charge in [-0.2, -0.15) is 0 Å². The summed E-state index contributed by atoms with van der Waals surface area (Å²) in [6, 6.07) is -2.81. The van der Waals surface area contributed by atoms with Crippen LogP contribution in [-0.2, 0) is 38.3 Å². The molecule has 0 radical (unpaired) electrons. The van der Waals surface area contributed by atoms with Crippen LogP contribution in [0.2, 0.25) is 0 Å². The van der Waals surface area contributed by atoms with Crippen LogP contribution in [0.15, 0.2) is 34.9 Å². The number of hydrogen-bond donors (Lipinski definition) is 8. The summed E-state index contributed by atoms with van der Waals surface area (Å²) in [6.45, 7) is 5.70. The van der Waals surface area contributed by atoms with Crippen LogP contribution in [-0.4, -0.2) is 140 Å². The van der Waals surface area contributed by atoms with Gasteiger partial charge in [0.2, 0.25) is 17.7 Å². The second-order valence-corrected chi connectivity index (χ2v) is 13.2. The third-order valence-corrected chi connectivity index (χ3v) is 8.42. The number of rotatable bonds is 25. The first-order chi connectivity index (χ1) is 26.0. The van der Waals surface area contributed by atoms with E-state index in [2.05, 4.69) is 16.0 Å². The molecule has 310 valence electrons. The molecule has 0 aromatic carbocycles. The highest BCUT2D eigenvalue weighted by molar-refractivity contribution is 5.97. The lowest BCUT2D eigenvalue weighted by Crippen LogP contribution is -2.61. The minimum atomic E-state index is -1.05. The number of nitrogens with one attached hydrogen (secondary N) is 3. The van der Waals surface area contributed by atoms with Crippen molar-refractivity contribution in [3.05, 3.63) is 34.9 Å². The van der Waals surface area contributed by atoms with Gasteiger partial charge in [0.1, 0.15) is 18.1 Å². The van der Waals surface area contributed by atoms with E-state index in [0.29, 0.717) is 38.3 Å². The second kappa shape index (κ2) is 26.2. The maximum Gasteiger partial charge on any atom is 0.328 e. The molecule has 1 aliphatic heterocycles. The van der Waals surface area contributed by atoms with E-state index in [9.17, 15) is 49.2 Å². The van der Waals surface area contributed by atoms with Crippen LogP contribution in [0.1, 0.15) is 91.9 Å². The highest BCUT2D eigenvalue weighted by atomic mass is 16.5. The third kappa shape index (κ3) is 19.5. The minimum absolute atomic E-state index is 0.0617. The number of hydrogen-bond acceptors (Lipinski definition) is 13. The topological polar surface area (TPSA) is 276 Å². The van der Waals surface area contributed by atoms with Crippen molar-refractivity contribution < 1.29 is 64.1 Å². The number of aliphatic hydroxyl groups excluding tert-OH is 2. The van der Waals surface area contributed by atoms with E-state index < -0.39 is 59.5 Å². The summed E-state index contributed by atoms with van der Waals surface area (Å²) in [5.41, 5.74) is 1.64. The van der Waals surface area contributed by atoms with Crippen LogP contribution in [0.4, 0.5) is 0 Å². The average molecular weight is 783 g/mol. The molecule has 1 rings (SSSR count). The Morgan fingerprint density at radius 3 is 1.51 bits per heavy atom. The van der Waals surface area contributed by atoms with Gasteiger partial charge < -0.3 is 30.9 Å². The van der Waals surface area contributed by atoms with Crippen molar-refractivity contribution in [2.24, 2.45) is 0 Å². The molecule has 1 heterocycles. The lowest BCUT2D eigenvalue weighted by Gasteiger charge is -2.30. The van der Waals surface area contributed by atoms with E-state index in [1.54, 1.807) is 27.7 Å². The fourth-order valence-corrected chi connectivity index (χ4v) is 5.13. The quantitative estimate of drug-likeness (QED) is 0.0270. The molecular formula is C36H58N6O13. The van der Waals surface area contributed by atoms with Crippen molar-refractivity contribution >= 4 is 41.4 Å². The number of ether oxygens (including phenoxy) is 1. The van der Waals surface area contributed by atoms with Gasteiger partial charge in [-0.1, -0.05) is 23.6 Å². The van der Waals surface area contributed by atoms with Crippen LogP contribution in [0, 0.1) is 0 Å². The summed E-state index contributed by atoms with van der Waals surface area (Å²) in [4.78, 5) is 86.5. The molecule has 3 atom stereocenters. The first-order valence-corrected chi connectivity index (χ1v) is 18.3. The molecule has 1 aliphatic rings. The Bertz CT molecular complexity index is 1420. The fraction of sp³-hybridized carbons (Fsp3) is 0.639. The maximum atomic E-state index is 12.8. The maximum absolute atomic E-state index is 12.8. The van der Waals surface area contributed by atoms with Crippen molar-refractivity contribution in [2.45, 2.75) is 110 Å². The molecule has 6 amide bonds. The van der Waals surface area contributed by atoms with Gasteiger partial charge >= 0.3 is 5.97 Å². The number of esters is 1. The summed E-state index contributed by atoms with van der Waals surface area (Å²) in [5, 5.41) is 57.3. The van der Waals surface area contributed by atoms with Crippen molar-refractivity contribution in [3.63, 3.8) is 0 Å². The molecule has 0 aromatic rings. The molecule has 1 fully saturated rings. The summed E-state index contributed by atoms with van der Waals surface area (Å²) in [5.74, 6) is -4.15. The summed E-state index contributed by atoms with van der Waals surface area (Å²) < 4.78 is 5.30. The zero-order valence-corrected chi connectivity index (χ0v) is 32.1. The van der Waals surface area contributed by atoms with Crippen LogP contribution < -0.4 is 16.0 Å². The van der Waals surface area contributed by atoms with E-state index >= 15 is 0 Å². The fourth-order valence-electron chi connectivity index (χ4n) is 5.13. The Balaban J connectivity index is 2.50. The molecular weight excluding hydrogens is 724 g/mol. The van der Waals surface area contributed by atoms with Crippen LogP contribution in [0.5, 0.6) is 0 Å². The average Bonchev–Trinajstić information content (AvgIpc) is 3.12. The minimum Gasteiger partial charge on any atom is -0.464 e. The van der Waals surface area contributed by atoms with Crippen LogP contribution in [0.3, 0.4) is 0 Å². The predicted octanol–water partition coefficient (Wildman–Crippen LogP) is 0.395. The predicted molar refractivity (Wildman–Crippen MR) is 195 cm³/mol. The van der Waals surface area contributed by atoms with Crippen LogP contribution in [0.25, 0.3) is 0 Å².